The van der Waals surface area contributed by atoms with Gasteiger partial charge in [-0.25, -0.2) is 0 Å². The molecule has 1 aliphatic rings. The number of aliphatic imine (C=N–C) groups is 1. The highest BCUT2D eigenvalue weighted by molar-refractivity contribution is 8.14. The van der Waals surface area contributed by atoms with E-state index in [4.69, 9.17) is 0 Å². The lowest BCUT2D eigenvalue weighted by molar-refractivity contribution is -0.119. The number of rotatable bonds is 4. The number of carbonyl (C=O) groups is 1. The maximum Gasteiger partial charge on any atom is 0.239 e. The minimum atomic E-state index is -0.0914. The molecule has 0 radical (unpaired) electrons. The summed E-state index contributed by atoms with van der Waals surface area (Å²) in [5, 5.41) is 3.61. The van der Waals surface area contributed by atoms with Crippen LogP contribution in [-0.2, 0) is 4.79 Å². The Balaban J connectivity index is 2.01. The van der Waals surface area contributed by atoms with Crippen molar-refractivity contribution in [2.24, 2.45) is 10.9 Å². The van der Waals surface area contributed by atoms with Crippen molar-refractivity contribution in [3.8, 4) is 0 Å². The minimum absolute atomic E-state index is 0.0528. The van der Waals surface area contributed by atoms with Crippen molar-refractivity contribution in [1.82, 2.24) is 5.32 Å². The lowest BCUT2D eigenvalue weighted by atomic mass is 10.1. The summed E-state index contributed by atoms with van der Waals surface area (Å²) in [7, 11) is 0. The van der Waals surface area contributed by atoms with Crippen molar-refractivity contribution in [3.63, 3.8) is 0 Å². The predicted octanol–water partition coefficient (Wildman–Crippen LogP) is 3.02. The average Bonchev–Trinajstić information content (AvgIpc) is 2.89. The first-order valence-electron chi connectivity index (χ1n) is 6.36. The molecule has 2 rings (SSSR count). The topological polar surface area (TPSA) is 41.5 Å². The largest absolute Gasteiger partial charge is 0.304 e. The number of hydrogen-bond acceptors (Lipinski definition) is 4. The molecule has 5 heteroatoms. The Bertz CT molecular complexity index is 460. The first kappa shape index (κ1) is 14.5. The number of amides is 1. The second kappa shape index (κ2) is 7.01. The Morgan fingerprint density at radius 3 is 2.68 bits per heavy atom. The quantitative estimate of drug-likeness (QED) is 0.868. The van der Waals surface area contributed by atoms with Gasteiger partial charge in [-0.15, -0.1) is 11.8 Å². The van der Waals surface area contributed by atoms with Gasteiger partial charge >= 0.3 is 0 Å². The number of nitrogens with zero attached hydrogens (tertiary/aromatic N) is 1. The number of amidine groups is 1. The van der Waals surface area contributed by atoms with E-state index in [9.17, 15) is 4.79 Å². The SMILES string of the molecule is CC(C)[C@H](Sc1ccccc1)C(=O)NC1=NCCS1. The maximum atomic E-state index is 12.3. The van der Waals surface area contributed by atoms with Crippen LogP contribution in [0.15, 0.2) is 40.2 Å². The third-order valence-electron chi connectivity index (χ3n) is 2.69. The van der Waals surface area contributed by atoms with Gasteiger partial charge in [-0.1, -0.05) is 43.8 Å². The smallest absolute Gasteiger partial charge is 0.239 e. The first-order chi connectivity index (χ1) is 9.16. The molecule has 1 heterocycles. The summed E-state index contributed by atoms with van der Waals surface area (Å²) in [4.78, 5) is 17.7. The van der Waals surface area contributed by atoms with E-state index in [1.165, 1.54) is 0 Å². The zero-order valence-electron chi connectivity index (χ0n) is 11.1. The summed E-state index contributed by atoms with van der Waals surface area (Å²) >= 11 is 3.23. The summed E-state index contributed by atoms with van der Waals surface area (Å²) in [6, 6.07) is 10.0. The first-order valence-corrected chi connectivity index (χ1v) is 8.23. The zero-order chi connectivity index (χ0) is 13.7. The molecule has 1 aromatic carbocycles. The summed E-state index contributed by atoms with van der Waals surface area (Å²) in [5.41, 5.74) is 0. The van der Waals surface area contributed by atoms with E-state index >= 15 is 0 Å². The molecular formula is C14H18N2OS2. The van der Waals surface area contributed by atoms with Crippen molar-refractivity contribution in [1.29, 1.82) is 0 Å². The van der Waals surface area contributed by atoms with Crippen molar-refractivity contribution in [2.45, 2.75) is 24.0 Å². The predicted molar refractivity (Wildman–Crippen MR) is 83.8 cm³/mol. The van der Waals surface area contributed by atoms with E-state index in [0.29, 0.717) is 0 Å². The second-order valence-corrected chi connectivity index (χ2v) is 6.92. The second-order valence-electron chi connectivity index (χ2n) is 4.62. The number of hydrogen-bond donors (Lipinski definition) is 1. The standard InChI is InChI=1S/C14H18N2OS2/c1-10(2)12(19-11-6-4-3-5-7-11)13(17)16-14-15-8-9-18-14/h3-7,10,12H,8-9H2,1-2H3,(H,15,16,17)/t12-/m0/s1. The van der Waals surface area contributed by atoms with Crippen LogP contribution >= 0.6 is 23.5 Å². The Morgan fingerprint density at radius 1 is 1.37 bits per heavy atom. The van der Waals surface area contributed by atoms with Gasteiger partial charge in [0, 0.05) is 10.6 Å². The highest BCUT2D eigenvalue weighted by atomic mass is 32.2. The van der Waals surface area contributed by atoms with Crippen LogP contribution < -0.4 is 5.32 Å². The average molecular weight is 294 g/mol. The van der Waals surface area contributed by atoms with E-state index in [1.54, 1.807) is 23.5 Å². The Labute approximate surface area is 122 Å². The zero-order valence-corrected chi connectivity index (χ0v) is 12.8. The monoisotopic (exact) mass is 294 g/mol. The van der Waals surface area contributed by atoms with Crippen molar-refractivity contribution >= 4 is 34.6 Å². The van der Waals surface area contributed by atoms with Gasteiger partial charge in [0.15, 0.2) is 5.17 Å². The lowest BCUT2D eigenvalue weighted by Gasteiger charge is -2.19. The van der Waals surface area contributed by atoms with Crippen LogP contribution in [0.3, 0.4) is 0 Å². The van der Waals surface area contributed by atoms with Crippen molar-refractivity contribution in [2.75, 3.05) is 12.3 Å². The van der Waals surface area contributed by atoms with Gasteiger partial charge in [0.1, 0.15) is 0 Å². The van der Waals surface area contributed by atoms with Gasteiger partial charge in [-0.3, -0.25) is 9.79 Å². The molecule has 1 amide bonds. The van der Waals surface area contributed by atoms with E-state index in [1.807, 2.05) is 30.3 Å². The van der Waals surface area contributed by atoms with Crippen LogP contribution in [0.5, 0.6) is 0 Å². The molecule has 0 saturated heterocycles. The van der Waals surface area contributed by atoms with E-state index in [0.717, 1.165) is 22.4 Å². The van der Waals surface area contributed by atoms with Crippen molar-refractivity contribution < 1.29 is 4.79 Å². The Morgan fingerprint density at radius 2 is 2.11 bits per heavy atom. The van der Waals surface area contributed by atoms with Crippen molar-refractivity contribution in [3.05, 3.63) is 30.3 Å². The van der Waals surface area contributed by atoms with Gasteiger partial charge in [-0.2, -0.15) is 0 Å². The van der Waals surface area contributed by atoms with Crippen LogP contribution in [-0.4, -0.2) is 28.6 Å². The molecule has 0 bridgehead atoms. The van der Waals surface area contributed by atoms with Gasteiger partial charge in [-0.05, 0) is 18.1 Å². The lowest BCUT2D eigenvalue weighted by Crippen LogP contribution is -2.38. The molecule has 102 valence electrons. The van der Waals surface area contributed by atoms with Gasteiger partial charge in [0.2, 0.25) is 5.91 Å². The molecule has 0 saturated carbocycles. The molecule has 0 unspecified atom stereocenters. The summed E-state index contributed by atoms with van der Waals surface area (Å²) in [6.45, 7) is 4.95. The number of benzene rings is 1. The molecule has 0 aromatic heterocycles. The van der Waals surface area contributed by atoms with Crippen LogP contribution in [0.1, 0.15) is 13.8 Å². The molecule has 0 aliphatic carbocycles. The summed E-state index contributed by atoms with van der Waals surface area (Å²) in [6.07, 6.45) is 0. The highest BCUT2D eigenvalue weighted by Gasteiger charge is 2.25. The summed E-state index contributed by atoms with van der Waals surface area (Å²) < 4.78 is 0. The van der Waals surface area contributed by atoms with Gasteiger partial charge < -0.3 is 5.32 Å². The van der Waals surface area contributed by atoms with E-state index in [2.05, 4.69) is 24.2 Å². The van der Waals surface area contributed by atoms with Crippen LogP contribution in [0.2, 0.25) is 0 Å². The summed E-state index contributed by atoms with van der Waals surface area (Å²) in [5.74, 6) is 1.29. The van der Waals surface area contributed by atoms with Crippen LogP contribution in [0.25, 0.3) is 0 Å². The maximum absolute atomic E-state index is 12.3. The molecule has 0 fully saturated rings. The number of thioether (sulfide) groups is 2. The Kier molecular flexibility index (Phi) is 5.34. The third kappa shape index (κ3) is 4.28. The molecule has 19 heavy (non-hydrogen) atoms. The molecule has 1 aromatic rings. The van der Waals surface area contributed by atoms with E-state index < -0.39 is 0 Å². The highest BCUT2D eigenvalue weighted by Crippen LogP contribution is 2.28. The fourth-order valence-corrected chi connectivity index (χ4v) is 3.50. The molecule has 1 aliphatic heterocycles. The molecule has 1 N–H and O–H groups in total. The van der Waals surface area contributed by atoms with Crippen LogP contribution in [0, 0.1) is 5.92 Å². The fraction of sp³-hybridized carbons (Fsp3) is 0.429. The molecular weight excluding hydrogens is 276 g/mol. The molecule has 1 atom stereocenters. The third-order valence-corrected chi connectivity index (χ3v) is 5.13. The molecule has 3 nitrogen and oxygen atoms in total. The normalized spacial score (nSPS) is 16.3. The van der Waals surface area contributed by atoms with Gasteiger partial charge in [0.05, 0.1) is 11.8 Å². The fourth-order valence-electron chi connectivity index (χ4n) is 1.73. The number of carbonyl (C=O) groups excluding carboxylic acids is 1. The Hall–Kier alpha value is -0.940. The minimum Gasteiger partial charge on any atom is -0.304 e. The number of nitrogens with one attached hydrogen (secondary N) is 1. The van der Waals surface area contributed by atoms with Gasteiger partial charge in [0.25, 0.3) is 0 Å². The van der Waals surface area contributed by atoms with E-state index in [-0.39, 0.29) is 17.1 Å². The van der Waals surface area contributed by atoms with Crippen LogP contribution in [0.4, 0.5) is 0 Å². The molecule has 0 spiro atoms.